The lowest BCUT2D eigenvalue weighted by Crippen LogP contribution is -2.36. The zero-order chi connectivity index (χ0) is 14.4. The summed E-state index contributed by atoms with van der Waals surface area (Å²) in [5.41, 5.74) is 3.51. The maximum atomic E-state index is 4.65. The molecule has 0 saturated heterocycles. The van der Waals surface area contributed by atoms with Gasteiger partial charge in [-0.05, 0) is 63.0 Å². The first-order valence-electron chi connectivity index (χ1n) is 8.38. The molecule has 3 heteroatoms. The van der Waals surface area contributed by atoms with E-state index in [4.69, 9.17) is 0 Å². The molecule has 4 atom stereocenters. The fraction of sp³-hybridized carbons (Fsp3) is 0.611. The molecule has 1 N–H and O–H groups in total. The Morgan fingerprint density at radius 1 is 1.33 bits per heavy atom. The van der Waals surface area contributed by atoms with Crippen LogP contribution in [0.2, 0.25) is 0 Å². The lowest BCUT2D eigenvalue weighted by molar-refractivity contribution is 0.259. The van der Waals surface area contributed by atoms with E-state index in [1.54, 1.807) is 0 Å². The Morgan fingerprint density at radius 2 is 2.24 bits per heavy atom. The van der Waals surface area contributed by atoms with Crippen LogP contribution >= 0.6 is 0 Å². The Balaban J connectivity index is 1.47. The largest absolute Gasteiger partial charge is 0.308 e. The summed E-state index contributed by atoms with van der Waals surface area (Å²) in [6, 6.07) is 6.83. The molecule has 2 aliphatic carbocycles. The van der Waals surface area contributed by atoms with Gasteiger partial charge in [0.15, 0.2) is 0 Å². The summed E-state index contributed by atoms with van der Waals surface area (Å²) in [5, 5.41) is 3.78. The average molecular weight is 283 g/mol. The number of hydrogen-bond acceptors (Lipinski definition) is 2. The summed E-state index contributed by atoms with van der Waals surface area (Å²) in [6.07, 6.45) is 8.01. The van der Waals surface area contributed by atoms with E-state index in [1.165, 1.54) is 31.4 Å². The van der Waals surface area contributed by atoms with E-state index in [-0.39, 0.29) is 0 Å². The Hall–Kier alpha value is -1.35. The molecule has 2 aromatic rings. The predicted octanol–water partition coefficient (Wildman–Crippen LogP) is 3.56. The van der Waals surface area contributed by atoms with Crippen LogP contribution in [0.4, 0.5) is 0 Å². The molecule has 4 unspecified atom stereocenters. The molecule has 21 heavy (non-hydrogen) atoms. The zero-order valence-electron chi connectivity index (χ0n) is 13.0. The van der Waals surface area contributed by atoms with E-state index < -0.39 is 0 Å². The maximum Gasteiger partial charge on any atom is 0.137 e. The third-order valence-corrected chi connectivity index (χ3v) is 5.86. The van der Waals surface area contributed by atoms with Crippen LogP contribution in [0, 0.1) is 24.7 Å². The van der Waals surface area contributed by atoms with E-state index >= 15 is 0 Å². The van der Waals surface area contributed by atoms with E-state index in [2.05, 4.69) is 52.9 Å². The molecule has 112 valence electrons. The molecule has 2 fully saturated rings. The molecule has 2 heterocycles. The van der Waals surface area contributed by atoms with Crippen molar-refractivity contribution in [2.75, 3.05) is 0 Å². The number of rotatable bonds is 4. The van der Waals surface area contributed by atoms with Gasteiger partial charge in [0.1, 0.15) is 5.65 Å². The number of pyridine rings is 1. The molecule has 2 saturated carbocycles. The molecule has 0 aromatic carbocycles. The number of aromatic nitrogens is 2. The van der Waals surface area contributed by atoms with Gasteiger partial charge >= 0.3 is 0 Å². The van der Waals surface area contributed by atoms with Crippen molar-refractivity contribution in [1.29, 1.82) is 0 Å². The minimum Gasteiger partial charge on any atom is -0.308 e. The van der Waals surface area contributed by atoms with Crippen LogP contribution in [-0.4, -0.2) is 15.4 Å². The topological polar surface area (TPSA) is 29.3 Å². The van der Waals surface area contributed by atoms with Gasteiger partial charge in [-0.2, -0.15) is 0 Å². The summed E-state index contributed by atoms with van der Waals surface area (Å²) in [5.74, 6) is 2.91. The molecule has 2 aliphatic rings. The standard InChI is InChI=1S/C18H25N3/c1-12(16-10-14-6-7-15(16)9-14)19-11-17-13(2)20-18-5-3-4-8-21(17)18/h3-5,8,12,14-16,19H,6-7,9-11H2,1-2H3. The molecule has 0 radical (unpaired) electrons. The minimum absolute atomic E-state index is 0.619. The number of nitrogens with one attached hydrogen (secondary N) is 1. The molecular formula is C18H25N3. The molecule has 0 amide bonds. The van der Waals surface area contributed by atoms with Crippen LogP contribution in [-0.2, 0) is 6.54 Å². The predicted molar refractivity (Wildman–Crippen MR) is 85.2 cm³/mol. The minimum atomic E-state index is 0.619. The molecule has 2 bridgehead atoms. The lowest BCUT2D eigenvalue weighted by atomic mass is 9.84. The third kappa shape index (κ3) is 2.28. The SMILES string of the molecule is Cc1nc2ccccn2c1CNC(C)C1CC2CCC1C2. The number of fused-ring (bicyclic) bond motifs is 3. The second-order valence-corrected chi connectivity index (χ2v) is 7.08. The summed E-state index contributed by atoms with van der Waals surface area (Å²) >= 11 is 0. The van der Waals surface area contributed by atoms with Gasteiger partial charge in [-0.3, -0.25) is 0 Å². The molecule has 0 spiro atoms. The first-order chi connectivity index (χ1) is 10.2. The molecular weight excluding hydrogens is 258 g/mol. The van der Waals surface area contributed by atoms with Crippen molar-refractivity contribution in [3.05, 3.63) is 35.8 Å². The Labute approximate surface area is 126 Å². The molecule has 3 nitrogen and oxygen atoms in total. The van der Waals surface area contributed by atoms with Crippen molar-refractivity contribution >= 4 is 5.65 Å². The van der Waals surface area contributed by atoms with Crippen LogP contribution in [0.5, 0.6) is 0 Å². The normalized spacial score (nSPS) is 29.3. The van der Waals surface area contributed by atoms with Gasteiger partial charge in [-0.15, -0.1) is 0 Å². The van der Waals surface area contributed by atoms with Crippen LogP contribution in [0.25, 0.3) is 5.65 Å². The monoisotopic (exact) mass is 283 g/mol. The van der Waals surface area contributed by atoms with Crippen LogP contribution in [0.15, 0.2) is 24.4 Å². The number of nitrogens with zero attached hydrogens (tertiary/aromatic N) is 2. The Kier molecular flexibility index (Phi) is 3.26. The van der Waals surface area contributed by atoms with Crippen molar-refractivity contribution in [2.24, 2.45) is 17.8 Å². The van der Waals surface area contributed by atoms with E-state index in [1.807, 2.05) is 0 Å². The first-order valence-corrected chi connectivity index (χ1v) is 8.38. The van der Waals surface area contributed by atoms with E-state index in [9.17, 15) is 0 Å². The van der Waals surface area contributed by atoms with Crippen molar-refractivity contribution in [2.45, 2.75) is 52.1 Å². The summed E-state index contributed by atoms with van der Waals surface area (Å²) < 4.78 is 2.22. The van der Waals surface area contributed by atoms with E-state index in [0.717, 1.165) is 35.6 Å². The highest BCUT2D eigenvalue weighted by Crippen LogP contribution is 2.49. The fourth-order valence-corrected chi connectivity index (χ4v) is 4.69. The Morgan fingerprint density at radius 3 is 3.00 bits per heavy atom. The molecule has 4 rings (SSSR count). The van der Waals surface area contributed by atoms with Gasteiger partial charge in [0, 0.05) is 18.8 Å². The van der Waals surface area contributed by atoms with Crippen LogP contribution in [0.3, 0.4) is 0 Å². The van der Waals surface area contributed by atoms with E-state index in [0.29, 0.717) is 6.04 Å². The number of aryl methyl sites for hydroxylation is 1. The van der Waals surface area contributed by atoms with Crippen molar-refractivity contribution in [3.63, 3.8) is 0 Å². The molecule has 0 aliphatic heterocycles. The van der Waals surface area contributed by atoms with Crippen molar-refractivity contribution < 1.29 is 0 Å². The lowest BCUT2D eigenvalue weighted by Gasteiger charge is -2.28. The zero-order valence-corrected chi connectivity index (χ0v) is 13.0. The van der Waals surface area contributed by atoms with Gasteiger partial charge in [0.05, 0.1) is 11.4 Å². The second-order valence-electron chi connectivity index (χ2n) is 7.08. The summed E-state index contributed by atoms with van der Waals surface area (Å²) in [7, 11) is 0. The first kappa shape index (κ1) is 13.3. The highest BCUT2D eigenvalue weighted by Gasteiger charge is 2.41. The highest BCUT2D eigenvalue weighted by molar-refractivity contribution is 5.42. The van der Waals surface area contributed by atoms with Crippen molar-refractivity contribution in [1.82, 2.24) is 14.7 Å². The maximum absolute atomic E-state index is 4.65. The van der Waals surface area contributed by atoms with Gasteiger partial charge < -0.3 is 9.72 Å². The Bertz CT molecular complexity index is 645. The second kappa shape index (κ2) is 5.13. The highest BCUT2D eigenvalue weighted by atomic mass is 15.0. The van der Waals surface area contributed by atoms with Crippen LogP contribution in [0.1, 0.15) is 44.0 Å². The quantitative estimate of drug-likeness (QED) is 0.929. The van der Waals surface area contributed by atoms with Gasteiger partial charge in [0.25, 0.3) is 0 Å². The fourth-order valence-electron chi connectivity index (χ4n) is 4.69. The van der Waals surface area contributed by atoms with Gasteiger partial charge in [0.2, 0.25) is 0 Å². The average Bonchev–Trinajstić information content (AvgIpc) is 3.18. The third-order valence-electron chi connectivity index (χ3n) is 5.86. The molecule has 2 aromatic heterocycles. The number of hydrogen-bond donors (Lipinski definition) is 1. The van der Waals surface area contributed by atoms with Crippen LogP contribution < -0.4 is 5.32 Å². The number of imidazole rings is 1. The smallest absolute Gasteiger partial charge is 0.137 e. The van der Waals surface area contributed by atoms with Crippen molar-refractivity contribution in [3.8, 4) is 0 Å². The summed E-state index contributed by atoms with van der Waals surface area (Å²) in [4.78, 5) is 4.65. The van der Waals surface area contributed by atoms with Gasteiger partial charge in [-0.1, -0.05) is 12.5 Å². The summed E-state index contributed by atoms with van der Waals surface area (Å²) in [6.45, 7) is 5.42. The van der Waals surface area contributed by atoms with Gasteiger partial charge in [-0.25, -0.2) is 4.98 Å².